The van der Waals surface area contributed by atoms with Crippen LogP contribution in [0.25, 0.3) is 11.3 Å². The third kappa shape index (κ3) is 4.88. The van der Waals surface area contributed by atoms with Crippen molar-refractivity contribution in [2.24, 2.45) is 13.0 Å². The monoisotopic (exact) mass is 466 g/mol. The van der Waals surface area contributed by atoms with Crippen LogP contribution in [0.5, 0.6) is 5.75 Å². The molecule has 1 aliphatic carbocycles. The quantitative estimate of drug-likeness (QED) is 0.386. The zero-order valence-corrected chi connectivity index (χ0v) is 20.2. The van der Waals surface area contributed by atoms with Gasteiger partial charge in [0.25, 0.3) is 0 Å². The van der Waals surface area contributed by atoms with E-state index in [1.54, 1.807) is 13.2 Å². The Labute approximate surface area is 193 Å². The zero-order chi connectivity index (χ0) is 23.7. The molecule has 1 aromatic carbocycles. The van der Waals surface area contributed by atoms with E-state index >= 15 is 0 Å². The van der Waals surface area contributed by atoms with Crippen molar-refractivity contribution in [1.29, 1.82) is 0 Å². The van der Waals surface area contributed by atoms with E-state index < -0.39 is 0 Å². The summed E-state index contributed by atoms with van der Waals surface area (Å²) in [6.45, 7) is 5.80. The lowest BCUT2D eigenvalue weighted by atomic mass is 10.1. The highest BCUT2D eigenvalue weighted by atomic mass is 31.1. The Morgan fingerprint density at radius 3 is 2.52 bits per heavy atom. The molecule has 0 unspecified atom stereocenters. The normalized spacial score (nSPS) is 13.2. The topological polar surface area (TPSA) is 111 Å². The highest BCUT2D eigenvalue weighted by molar-refractivity contribution is 7.63. The van der Waals surface area contributed by atoms with Gasteiger partial charge in [0.2, 0.25) is 5.91 Å². The van der Waals surface area contributed by atoms with Crippen molar-refractivity contribution in [2.45, 2.75) is 19.8 Å². The van der Waals surface area contributed by atoms with Crippen molar-refractivity contribution in [3.8, 4) is 17.0 Å². The van der Waals surface area contributed by atoms with Gasteiger partial charge in [-0.05, 0) is 44.4 Å². The largest absolute Gasteiger partial charge is 0.494 e. The lowest BCUT2D eigenvalue weighted by molar-refractivity contribution is -0.117. The highest BCUT2D eigenvalue weighted by Gasteiger charge is 2.30. The van der Waals surface area contributed by atoms with E-state index in [0.717, 1.165) is 24.1 Å². The minimum Gasteiger partial charge on any atom is -0.494 e. The SMILES string of the molecule is COc1c(Nc2cc(NC(=O)C3CC3)nnc2C(C)=O)cccc1-c1cc(P(C)C)n(C)n1. The molecule has 0 aliphatic heterocycles. The second kappa shape index (κ2) is 9.27. The molecule has 1 amide bonds. The second-order valence-electron chi connectivity index (χ2n) is 8.23. The zero-order valence-electron chi connectivity index (χ0n) is 19.3. The Balaban J connectivity index is 1.71. The molecule has 33 heavy (non-hydrogen) atoms. The van der Waals surface area contributed by atoms with Gasteiger partial charge in [0, 0.05) is 31.5 Å². The van der Waals surface area contributed by atoms with Gasteiger partial charge in [0.15, 0.2) is 23.0 Å². The molecular formula is C23H27N6O3P. The van der Waals surface area contributed by atoms with E-state index in [1.807, 2.05) is 29.9 Å². The Morgan fingerprint density at radius 2 is 1.91 bits per heavy atom. The molecule has 0 saturated heterocycles. The number of aryl methyl sites for hydroxylation is 1. The van der Waals surface area contributed by atoms with Crippen molar-refractivity contribution in [3.63, 3.8) is 0 Å². The van der Waals surface area contributed by atoms with Gasteiger partial charge in [-0.25, -0.2) is 0 Å². The summed E-state index contributed by atoms with van der Waals surface area (Å²) in [5, 5.41) is 18.8. The lowest BCUT2D eigenvalue weighted by Crippen LogP contribution is -2.16. The van der Waals surface area contributed by atoms with Crippen LogP contribution in [0.15, 0.2) is 30.3 Å². The van der Waals surface area contributed by atoms with E-state index in [-0.39, 0.29) is 31.2 Å². The number of ether oxygens (including phenoxy) is 1. The van der Waals surface area contributed by atoms with Gasteiger partial charge in [-0.3, -0.25) is 14.3 Å². The van der Waals surface area contributed by atoms with Crippen molar-refractivity contribution in [1.82, 2.24) is 20.0 Å². The molecule has 2 heterocycles. The Hall–Kier alpha value is -3.32. The fourth-order valence-electron chi connectivity index (χ4n) is 3.59. The van der Waals surface area contributed by atoms with E-state index in [9.17, 15) is 9.59 Å². The first-order chi connectivity index (χ1) is 15.8. The third-order valence-electron chi connectivity index (χ3n) is 5.40. The third-order valence-corrected chi connectivity index (χ3v) is 6.74. The maximum Gasteiger partial charge on any atom is 0.228 e. The minimum atomic E-state index is -0.314. The maximum absolute atomic E-state index is 12.2. The number of methoxy groups -OCH3 is 1. The average molecular weight is 466 g/mol. The number of nitrogens with one attached hydrogen (secondary N) is 2. The van der Waals surface area contributed by atoms with Gasteiger partial charge in [0.1, 0.15) is 0 Å². The number of hydrogen-bond donors (Lipinski definition) is 2. The second-order valence-corrected chi connectivity index (χ2v) is 10.5. The Kier molecular flexibility index (Phi) is 6.42. The summed E-state index contributed by atoms with van der Waals surface area (Å²) in [5.41, 5.74) is 4.07. The van der Waals surface area contributed by atoms with E-state index in [0.29, 0.717) is 22.9 Å². The number of benzene rings is 1. The number of amides is 1. The van der Waals surface area contributed by atoms with Gasteiger partial charge in [-0.1, -0.05) is 14.0 Å². The number of hydrogen-bond acceptors (Lipinski definition) is 7. The highest BCUT2D eigenvalue weighted by Crippen LogP contribution is 2.38. The number of rotatable bonds is 8. The van der Waals surface area contributed by atoms with Gasteiger partial charge in [0.05, 0.1) is 29.6 Å². The molecule has 10 heteroatoms. The summed E-state index contributed by atoms with van der Waals surface area (Å²) in [5.74, 6) is 0.594. The van der Waals surface area contributed by atoms with Crippen LogP contribution in [0, 0.1) is 5.92 Å². The van der Waals surface area contributed by atoms with Crippen molar-refractivity contribution in [3.05, 3.63) is 36.0 Å². The maximum atomic E-state index is 12.2. The molecule has 1 aliphatic rings. The van der Waals surface area contributed by atoms with Crippen LogP contribution in [-0.4, -0.2) is 52.1 Å². The molecular weight excluding hydrogens is 439 g/mol. The van der Waals surface area contributed by atoms with Crippen molar-refractivity contribution >= 4 is 42.2 Å². The molecule has 1 saturated carbocycles. The minimum absolute atomic E-state index is 0.0306. The first-order valence-corrected chi connectivity index (χ1v) is 12.9. The summed E-state index contributed by atoms with van der Waals surface area (Å²) < 4.78 is 7.65. The number of ketones is 1. The van der Waals surface area contributed by atoms with Gasteiger partial charge < -0.3 is 15.4 Å². The smallest absolute Gasteiger partial charge is 0.228 e. The van der Waals surface area contributed by atoms with E-state index in [2.05, 4.69) is 45.3 Å². The molecule has 0 bridgehead atoms. The molecule has 2 N–H and O–H groups in total. The number of nitrogens with zero attached hydrogens (tertiary/aromatic N) is 4. The summed E-state index contributed by atoms with van der Waals surface area (Å²) >= 11 is 0. The van der Waals surface area contributed by atoms with Crippen LogP contribution in [0.1, 0.15) is 30.3 Å². The van der Waals surface area contributed by atoms with Crippen LogP contribution in [0.2, 0.25) is 0 Å². The number of carbonyl (C=O) groups excluding carboxylic acids is 2. The van der Waals surface area contributed by atoms with E-state index in [1.165, 1.54) is 12.4 Å². The van der Waals surface area contributed by atoms with Crippen LogP contribution < -0.4 is 20.8 Å². The summed E-state index contributed by atoms with van der Waals surface area (Å²) in [4.78, 5) is 24.3. The number of carbonyl (C=O) groups is 2. The van der Waals surface area contributed by atoms with Gasteiger partial charge >= 0.3 is 0 Å². The molecule has 0 spiro atoms. The Morgan fingerprint density at radius 1 is 1.15 bits per heavy atom. The molecule has 0 radical (unpaired) electrons. The fourth-order valence-corrected chi connectivity index (χ4v) is 4.60. The molecule has 172 valence electrons. The first kappa shape index (κ1) is 22.9. The first-order valence-electron chi connectivity index (χ1n) is 10.6. The average Bonchev–Trinajstić information content (AvgIpc) is 3.55. The van der Waals surface area contributed by atoms with Gasteiger partial charge in [-0.2, -0.15) is 5.10 Å². The predicted molar refractivity (Wildman–Crippen MR) is 130 cm³/mol. The molecule has 2 aromatic heterocycles. The number of para-hydroxylation sites is 1. The summed E-state index contributed by atoms with van der Waals surface area (Å²) in [7, 11) is 3.22. The van der Waals surface area contributed by atoms with Crippen LogP contribution in [0.3, 0.4) is 0 Å². The molecule has 3 aromatic rings. The summed E-state index contributed by atoms with van der Waals surface area (Å²) in [6.07, 6.45) is 1.76. The predicted octanol–water partition coefficient (Wildman–Crippen LogP) is 3.55. The van der Waals surface area contributed by atoms with Crippen LogP contribution >= 0.6 is 7.92 Å². The molecule has 4 rings (SSSR count). The van der Waals surface area contributed by atoms with Gasteiger partial charge in [-0.15, -0.1) is 10.2 Å². The molecule has 9 nitrogen and oxygen atoms in total. The van der Waals surface area contributed by atoms with Crippen molar-refractivity contribution in [2.75, 3.05) is 31.1 Å². The number of anilines is 3. The van der Waals surface area contributed by atoms with E-state index in [4.69, 9.17) is 4.74 Å². The number of Topliss-reactive ketones (excluding diaryl/α,β-unsaturated/α-hetero) is 1. The lowest BCUT2D eigenvalue weighted by Gasteiger charge is -2.16. The Bertz CT molecular complexity index is 1220. The summed E-state index contributed by atoms with van der Waals surface area (Å²) in [6, 6.07) is 9.39. The standard InChI is InChI=1S/C23H27N6O3P/c1-13(30)21-18(11-19(26-27-21)25-23(31)14-9-10-14)24-16-8-6-7-15(22(16)32-3)17-12-20(33(4)5)29(2)28-17/h6-8,11-12,14H,9-10H2,1-5H3,(H2,24,25,26,31). The number of aromatic nitrogens is 4. The van der Waals surface area contributed by atoms with Crippen LogP contribution in [0.4, 0.5) is 17.2 Å². The van der Waals surface area contributed by atoms with Crippen LogP contribution in [-0.2, 0) is 11.8 Å². The molecule has 0 atom stereocenters. The molecule has 1 fully saturated rings. The fraction of sp³-hybridized carbons (Fsp3) is 0.348. The van der Waals surface area contributed by atoms with Crippen molar-refractivity contribution < 1.29 is 14.3 Å².